The number of rotatable bonds is 8. The SMILES string of the molecule is CCN(CC)CC1CCN(C(=O)[C@@H](N)CCSC)CC1.Cl. The topological polar surface area (TPSA) is 49.6 Å². The number of thioether (sulfide) groups is 1. The van der Waals surface area contributed by atoms with Crippen molar-refractivity contribution in [3.05, 3.63) is 0 Å². The fraction of sp³-hybridized carbons (Fsp3) is 0.933. The van der Waals surface area contributed by atoms with Gasteiger partial charge in [-0.3, -0.25) is 4.79 Å². The molecule has 0 aromatic carbocycles. The van der Waals surface area contributed by atoms with Crippen molar-refractivity contribution in [3.63, 3.8) is 0 Å². The third-order valence-corrected chi connectivity index (χ3v) is 4.93. The number of amides is 1. The molecule has 1 aliphatic rings. The summed E-state index contributed by atoms with van der Waals surface area (Å²) in [5, 5.41) is 0. The molecule has 1 amide bonds. The summed E-state index contributed by atoms with van der Waals surface area (Å²) < 4.78 is 0. The van der Waals surface area contributed by atoms with Gasteiger partial charge in [0.05, 0.1) is 6.04 Å². The zero-order valence-corrected chi connectivity index (χ0v) is 15.3. The highest BCUT2D eigenvalue weighted by atomic mass is 35.5. The Kier molecular flexibility index (Phi) is 11.6. The Morgan fingerprint density at radius 2 is 1.90 bits per heavy atom. The summed E-state index contributed by atoms with van der Waals surface area (Å²) in [6, 6.07) is -0.304. The molecule has 0 unspecified atom stereocenters. The predicted molar refractivity (Wildman–Crippen MR) is 95.3 cm³/mol. The van der Waals surface area contributed by atoms with Crippen LogP contribution in [0.5, 0.6) is 0 Å². The van der Waals surface area contributed by atoms with E-state index in [2.05, 4.69) is 25.0 Å². The highest BCUT2D eigenvalue weighted by molar-refractivity contribution is 7.98. The van der Waals surface area contributed by atoms with Crippen LogP contribution in [-0.4, -0.2) is 66.5 Å². The van der Waals surface area contributed by atoms with Crippen LogP contribution in [0.3, 0.4) is 0 Å². The third kappa shape index (κ3) is 7.22. The fourth-order valence-electron chi connectivity index (χ4n) is 2.79. The summed E-state index contributed by atoms with van der Waals surface area (Å²) in [6.45, 7) is 9.62. The van der Waals surface area contributed by atoms with Gasteiger partial charge in [0, 0.05) is 19.6 Å². The molecule has 0 aliphatic carbocycles. The van der Waals surface area contributed by atoms with Crippen molar-refractivity contribution in [3.8, 4) is 0 Å². The van der Waals surface area contributed by atoms with Crippen molar-refractivity contribution < 1.29 is 4.79 Å². The summed E-state index contributed by atoms with van der Waals surface area (Å²) in [4.78, 5) is 16.7. The number of halogens is 1. The maximum Gasteiger partial charge on any atom is 0.239 e. The van der Waals surface area contributed by atoms with E-state index < -0.39 is 0 Å². The summed E-state index contributed by atoms with van der Waals surface area (Å²) in [7, 11) is 0. The largest absolute Gasteiger partial charge is 0.341 e. The smallest absolute Gasteiger partial charge is 0.239 e. The summed E-state index contributed by atoms with van der Waals surface area (Å²) in [6.07, 6.45) is 5.09. The van der Waals surface area contributed by atoms with Gasteiger partial charge in [-0.25, -0.2) is 0 Å². The van der Waals surface area contributed by atoms with E-state index in [4.69, 9.17) is 5.73 Å². The van der Waals surface area contributed by atoms with Crippen LogP contribution in [0.2, 0.25) is 0 Å². The second-order valence-corrected chi connectivity index (χ2v) is 6.63. The van der Waals surface area contributed by atoms with Gasteiger partial charge in [0.2, 0.25) is 5.91 Å². The molecule has 0 bridgehead atoms. The molecule has 6 heteroatoms. The number of hydrogen-bond donors (Lipinski definition) is 1. The summed E-state index contributed by atoms with van der Waals surface area (Å²) in [5.74, 6) is 1.85. The van der Waals surface area contributed by atoms with E-state index in [1.54, 1.807) is 11.8 Å². The maximum atomic E-state index is 12.2. The molecule has 2 N–H and O–H groups in total. The third-order valence-electron chi connectivity index (χ3n) is 4.29. The number of carbonyl (C=O) groups is 1. The summed E-state index contributed by atoms with van der Waals surface area (Å²) in [5.41, 5.74) is 5.98. The Morgan fingerprint density at radius 3 is 2.38 bits per heavy atom. The monoisotopic (exact) mass is 337 g/mol. The average Bonchev–Trinajstić information content (AvgIpc) is 2.50. The number of hydrogen-bond acceptors (Lipinski definition) is 4. The van der Waals surface area contributed by atoms with E-state index in [0.717, 1.165) is 57.1 Å². The average molecular weight is 338 g/mol. The van der Waals surface area contributed by atoms with Crippen LogP contribution < -0.4 is 5.73 Å². The second kappa shape index (κ2) is 11.6. The molecule has 4 nitrogen and oxygen atoms in total. The number of piperidine rings is 1. The number of likely N-dealkylation sites (tertiary alicyclic amines) is 1. The lowest BCUT2D eigenvalue weighted by atomic mass is 9.95. The number of nitrogens with two attached hydrogens (primary N) is 1. The highest BCUT2D eigenvalue weighted by Gasteiger charge is 2.26. The minimum absolute atomic E-state index is 0. The first-order valence-electron chi connectivity index (χ1n) is 7.88. The molecule has 0 spiro atoms. The van der Waals surface area contributed by atoms with E-state index in [0.29, 0.717) is 0 Å². The van der Waals surface area contributed by atoms with E-state index in [1.807, 2.05) is 4.90 Å². The normalized spacial score (nSPS) is 17.7. The van der Waals surface area contributed by atoms with Crippen LogP contribution in [0.25, 0.3) is 0 Å². The van der Waals surface area contributed by atoms with Crippen LogP contribution >= 0.6 is 24.2 Å². The zero-order chi connectivity index (χ0) is 15.0. The first kappa shape index (κ1) is 21.0. The van der Waals surface area contributed by atoms with Crippen LogP contribution in [0.4, 0.5) is 0 Å². The molecule has 1 aliphatic heterocycles. The van der Waals surface area contributed by atoms with Crippen LogP contribution in [-0.2, 0) is 4.79 Å². The Bertz CT molecular complexity index is 282. The molecule has 1 atom stereocenters. The van der Waals surface area contributed by atoms with Crippen molar-refractivity contribution in [2.24, 2.45) is 11.7 Å². The number of nitrogens with zero attached hydrogens (tertiary/aromatic N) is 2. The molecular weight excluding hydrogens is 306 g/mol. The summed E-state index contributed by atoms with van der Waals surface area (Å²) >= 11 is 1.75. The van der Waals surface area contributed by atoms with Gasteiger partial charge >= 0.3 is 0 Å². The van der Waals surface area contributed by atoms with Gasteiger partial charge in [0.1, 0.15) is 0 Å². The van der Waals surface area contributed by atoms with E-state index >= 15 is 0 Å². The maximum absolute atomic E-state index is 12.2. The van der Waals surface area contributed by atoms with Crippen molar-refractivity contribution in [1.82, 2.24) is 9.80 Å². The molecule has 0 aromatic rings. The molecule has 0 radical (unpaired) electrons. The first-order valence-corrected chi connectivity index (χ1v) is 9.27. The molecule has 1 saturated heterocycles. The van der Waals surface area contributed by atoms with Crippen LogP contribution in [0, 0.1) is 5.92 Å². The minimum Gasteiger partial charge on any atom is -0.341 e. The molecule has 1 heterocycles. The Hall–Kier alpha value is 0.0300. The minimum atomic E-state index is -0.304. The Labute approximate surface area is 140 Å². The van der Waals surface area contributed by atoms with Crippen molar-refractivity contribution in [1.29, 1.82) is 0 Å². The van der Waals surface area contributed by atoms with Gasteiger partial charge in [0.15, 0.2) is 0 Å². The Balaban J connectivity index is 0.00000400. The van der Waals surface area contributed by atoms with Gasteiger partial charge in [-0.2, -0.15) is 11.8 Å². The van der Waals surface area contributed by atoms with Gasteiger partial charge in [-0.05, 0) is 50.3 Å². The van der Waals surface area contributed by atoms with Crippen molar-refractivity contribution in [2.75, 3.05) is 44.7 Å². The lowest BCUT2D eigenvalue weighted by molar-refractivity contribution is -0.134. The quantitative estimate of drug-likeness (QED) is 0.736. The molecule has 0 saturated carbocycles. The Morgan fingerprint density at radius 1 is 1.33 bits per heavy atom. The van der Waals surface area contributed by atoms with Crippen LogP contribution in [0.1, 0.15) is 33.1 Å². The molecule has 126 valence electrons. The lowest BCUT2D eigenvalue weighted by Gasteiger charge is -2.35. The van der Waals surface area contributed by atoms with Crippen LogP contribution in [0.15, 0.2) is 0 Å². The van der Waals surface area contributed by atoms with Gasteiger partial charge in [-0.1, -0.05) is 13.8 Å². The van der Waals surface area contributed by atoms with Gasteiger partial charge in [0.25, 0.3) is 0 Å². The predicted octanol–water partition coefficient (Wildman–Crippen LogP) is 2.07. The van der Waals surface area contributed by atoms with E-state index in [9.17, 15) is 4.79 Å². The number of carbonyl (C=O) groups excluding carboxylic acids is 1. The van der Waals surface area contributed by atoms with Gasteiger partial charge in [-0.15, -0.1) is 12.4 Å². The molecule has 21 heavy (non-hydrogen) atoms. The van der Waals surface area contributed by atoms with Crippen molar-refractivity contribution >= 4 is 30.1 Å². The zero-order valence-electron chi connectivity index (χ0n) is 13.7. The molecule has 1 fully saturated rings. The van der Waals surface area contributed by atoms with E-state index in [-0.39, 0.29) is 24.4 Å². The second-order valence-electron chi connectivity index (χ2n) is 5.64. The van der Waals surface area contributed by atoms with Crippen molar-refractivity contribution in [2.45, 2.75) is 39.2 Å². The molecular formula is C15H32ClN3OS. The molecule has 0 aromatic heterocycles. The van der Waals surface area contributed by atoms with E-state index in [1.165, 1.54) is 6.54 Å². The lowest BCUT2D eigenvalue weighted by Crippen LogP contribution is -2.48. The van der Waals surface area contributed by atoms with Gasteiger partial charge < -0.3 is 15.5 Å². The standard InChI is InChI=1S/C15H31N3OS.ClH/c1-4-17(5-2)12-13-6-9-18(10-7-13)15(19)14(16)8-11-20-3;/h13-14H,4-12,16H2,1-3H3;1H/t14-;/m0./s1. The highest BCUT2D eigenvalue weighted by Crippen LogP contribution is 2.19. The fourth-order valence-corrected chi connectivity index (χ4v) is 3.28. The molecule has 1 rings (SSSR count). The first-order chi connectivity index (χ1) is 9.62.